The molecule has 0 atom stereocenters. The fourth-order valence-corrected chi connectivity index (χ4v) is 2.27. The fraction of sp³-hybridized carbons (Fsp3) is 0. The normalized spacial score (nSPS) is 10.7. The number of benzene rings is 3. The third-order valence-corrected chi connectivity index (χ3v) is 3.33. The van der Waals surface area contributed by atoms with E-state index in [1.807, 2.05) is 24.3 Å². The van der Waals surface area contributed by atoms with Crippen molar-refractivity contribution in [1.82, 2.24) is 0 Å². The average Bonchev–Trinajstić information content (AvgIpc) is 2.46. The Morgan fingerprint density at radius 1 is 0.714 bits per heavy atom. The van der Waals surface area contributed by atoms with E-state index in [1.165, 1.54) is 18.2 Å². The Morgan fingerprint density at radius 2 is 1.33 bits per heavy atom. The molecule has 0 spiro atoms. The number of phenolic OH excluding ortho intramolecular Hbond substituents is 3. The van der Waals surface area contributed by atoms with Gasteiger partial charge in [0, 0.05) is 6.07 Å². The highest BCUT2D eigenvalue weighted by atomic mass is 16.3. The molecule has 3 aromatic carbocycles. The molecule has 0 heterocycles. The summed E-state index contributed by atoms with van der Waals surface area (Å²) in [5, 5.41) is 30.7. The van der Waals surface area contributed by atoms with E-state index in [-0.39, 0.29) is 28.4 Å². The van der Waals surface area contributed by atoms with Crippen LogP contribution in [0.5, 0.6) is 17.2 Å². The lowest BCUT2D eigenvalue weighted by Crippen LogP contribution is -2.02. The second-order valence-electron chi connectivity index (χ2n) is 4.75. The number of phenols is 3. The SMILES string of the molecule is O=C(c1ccc(O)cc1O)c1cc2ccccc2cc1O. The smallest absolute Gasteiger partial charge is 0.200 e. The third kappa shape index (κ3) is 2.27. The molecular weight excluding hydrogens is 268 g/mol. The molecule has 0 amide bonds. The molecule has 0 bridgehead atoms. The molecule has 0 saturated heterocycles. The van der Waals surface area contributed by atoms with E-state index in [1.54, 1.807) is 6.07 Å². The summed E-state index contributed by atoms with van der Waals surface area (Å²) in [6, 6.07) is 14.2. The first kappa shape index (κ1) is 13.0. The van der Waals surface area contributed by atoms with Crippen molar-refractivity contribution in [2.24, 2.45) is 0 Å². The summed E-state index contributed by atoms with van der Waals surface area (Å²) in [6.07, 6.45) is 0. The zero-order valence-electron chi connectivity index (χ0n) is 10.9. The molecule has 3 aromatic rings. The van der Waals surface area contributed by atoms with Gasteiger partial charge in [0.15, 0.2) is 5.78 Å². The van der Waals surface area contributed by atoms with Crippen molar-refractivity contribution in [3.05, 3.63) is 65.7 Å². The van der Waals surface area contributed by atoms with Gasteiger partial charge in [0.1, 0.15) is 17.2 Å². The van der Waals surface area contributed by atoms with Crippen molar-refractivity contribution in [2.75, 3.05) is 0 Å². The van der Waals surface area contributed by atoms with Crippen LogP contribution in [0, 0.1) is 0 Å². The molecule has 104 valence electrons. The van der Waals surface area contributed by atoms with Gasteiger partial charge in [0.25, 0.3) is 0 Å². The lowest BCUT2D eigenvalue weighted by molar-refractivity contribution is 0.103. The number of ketones is 1. The number of hydrogen-bond acceptors (Lipinski definition) is 4. The molecule has 0 aliphatic rings. The standard InChI is InChI=1S/C17H12O4/c18-12-5-6-13(16(20)9-12)17(21)14-7-10-3-1-2-4-11(10)8-15(14)19/h1-9,18-20H. The Bertz CT molecular complexity index is 853. The summed E-state index contributed by atoms with van der Waals surface area (Å²) in [6.45, 7) is 0. The molecule has 0 fully saturated rings. The minimum Gasteiger partial charge on any atom is -0.508 e. The van der Waals surface area contributed by atoms with Crippen molar-refractivity contribution in [1.29, 1.82) is 0 Å². The molecular formula is C17H12O4. The maximum Gasteiger partial charge on any atom is 0.200 e. The molecule has 0 aromatic heterocycles. The summed E-state index contributed by atoms with van der Waals surface area (Å²) in [4.78, 5) is 12.4. The highest BCUT2D eigenvalue weighted by Crippen LogP contribution is 2.30. The van der Waals surface area contributed by atoms with Crippen molar-refractivity contribution in [3.8, 4) is 17.2 Å². The largest absolute Gasteiger partial charge is 0.508 e. The number of hydrogen-bond donors (Lipinski definition) is 3. The number of fused-ring (bicyclic) bond motifs is 1. The third-order valence-electron chi connectivity index (χ3n) is 3.33. The molecule has 3 N–H and O–H groups in total. The van der Waals surface area contributed by atoms with Crippen LogP contribution in [0.2, 0.25) is 0 Å². The number of aromatic hydroxyl groups is 3. The molecule has 21 heavy (non-hydrogen) atoms. The summed E-state index contributed by atoms with van der Waals surface area (Å²) in [7, 11) is 0. The van der Waals surface area contributed by atoms with Gasteiger partial charge in [-0.25, -0.2) is 0 Å². The van der Waals surface area contributed by atoms with Crippen LogP contribution in [-0.4, -0.2) is 21.1 Å². The van der Waals surface area contributed by atoms with E-state index in [4.69, 9.17) is 0 Å². The predicted octanol–water partition coefficient (Wildman–Crippen LogP) is 3.19. The maximum atomic E-state index is 12.4. The molecule has 3 rings (SSSR count). The minimum atomic E-state index is -0.504. The first-order valence-corrected chi connectivity index (χ1v) is 6.35. The van der Waals surface area contributed by atoms with Gasteiger partial charge >= 0.3 is 0 Å². The number of carbonyl (C=O) groups is 1. The molecule has 4 heteroatoms. The van der Waals surface area contributed by atoms with Crippen molar-refractivity contribution in [2.45, 2.75) is 0 Å². The second kappa shape index (κ2) is 4.83. The quantitative estimate of drug-likeness (QED) is 0.630. The van der Waals surface area contributed by atoms with Crippen LogP contribution in [0.3, 0.4) is 0 Å². The van der Waals surface area contributed by atoms with Crippen molar-refractivity contribution in [3.63, 3.8) is 0 Å². The van der Waals surface area contributed by atoms with Crippen LogP contribution >= 0.6 is 0 Å². The van der Waals surface area contributed by atoms with Gasteiger partial charge in [-0.3, -0.25) is 4.79 Å². The fourth-order valence-electron chi connectivity index (χ4n) is 2.27. The Morgan fingerprint density at radius 3 is 2.00 bits per heavy atom. The van der Waals surface area contributed by atoms with Gasteiger partial charge in [-0.05, 0) is 35.0 Å². The number of rotatable bonds is 2. The van der Waals surface area contributed by atoms with E-state index in [0.717, 1.165) is 16.8 Å². The van der Waals surface area contributed by atoms with Gasteiger partial charge < -0.3 is 15.3 Å². The van der Waals surface area contributed by atoms with Crippen LogP contribution in [0.15, 0.2) is 54.6 Å². The maximum absolute atomic E-state index is 12.4. The predicted molar refractivity (Wildman–Crippen MR) is 78.8 cm³/mol. The van der Waals surface area contributed by atoms with E-state index in [2.05, 4.69) is 0 Å². The highest BCUT2D eigenvalue weighted by Gasteiger charge is 2.18. The van der Waals surface area contributed by atoms with Gasteiger partial charge in [-0.15, -0.1) is 0 Å². The zero-order valence-corrected chi connectivity index (χ0v) is 10.9. The van der Waals surface area contributed by atoms with Crippen LogP contribution in [0.4, 0.5) is 0 Å². The molecule has 0 saturated carbocycles. The molecule has 4 nitrogen and oxygen atoms in total. The van der Waals surface area contributed by atoms with E-state index >= 15 is 0 Å². The van der Waals surface area contributed by atoms with Crippen molar-refractivity contribution >= 4 is 16.6 Å². The summed E-state index contributed by atoms with van der Waals surface area (Å²) >= 11 is 0. The summed E-state index contributed by atoms with van der Waals surface area (Å²) in [5.41, 5.74) is 0.132. The topological polar surface area (TPSA) is 77.8 Å². The lowest BCUT2D eigenvalue weighted by atomic mass is 9.98. The van der Waals surface area contributed by atoms with Crippen LogP contribution in [-0.2, 0) is 0 Å². The van der Waals surface area contributed by atoms with Gasteiger partial charge in [0.05, 0.1) is 11.1 Å². The summed E-state index contributed by atoms with van der Waals surface area (Å²) in [5.74, 6) is -1.11. The van der Waals surface area contributed by atoms with Crippen LogP contribution < -0.4 is 0 Å². The van der Waals surface area contributed by atoms with Crippen LogP contribution in [0.1, 0.15) is 15.9 Å². The molecule has 0 radical (unpaired) electrons. The van der Waals surface area contributed by atoms with E-state index < -0.39 is 5.78 Å². The Labute approximate surface area is 120 Å². The van der Waals surface area contributed by atoms with Gasteiger partial charge in [-0.2, -0.15) is 0 Å². The average molecular weight is 280 g/mol. The highest BCUT2D eigenvalue weighted by molar-refractivity contribution is 6.14. The van der Waals surface area contributed by atoms with Gasteiger partial charge in [-0.1, -0.05) is 24.3 Å². The minimum absolute atomic E-state index is 0.0263. The second-order valence-corrected chi connectivity index (χ2v) is 4.75. The first-order valence-electron chi connectivity index (χ1n) is 6.35. The monoisotopic (exact) mass is 280 g/mol. The molecule has 0 aliphatic heterocycles. The van der Waals surface area contributed by atoms with E-state index in [9.17, 15) is 20.1 Å². The van der Waals surface area contributed by atoms with E-state index in [0.29, 0.717) is 0 Å². The van der Waals surface area contributed by atoms with Crippen LogP contribution in [0.25, 0.3) is 10.8 Å². The Hall–Kier alpha value is -3.01. The first-order chi connectivity index (χ1) is 10.1. The number of carbonyl (C=O) groups excluding carboxylic acids is 1. The zero-order chi connectivity index (χ0) is 15.0. The Balaban J connectivity index is 2.15. The lowest BCUT2D eigenvalue weighted by Gasteiger charge is -2.08. The van der Waals surface area contributed by atoms with Gasteiger partial charge in [0.2, 0.25) is 0 Å². The molecule has 0 aliphatic carbocycles. The Kier molecular flexibility index (Phi) is 2.99. The molecule has 0 unspecified atom stereocenters. The van der Waals surface area contributed by atoms with Crippen molar-refractivity contribution < 1.29 is 20.1 Å². The summed E-state index contributed by atoms with van der Waals surface area (Å²) < 4.78 is 0.